The van der Waals surface area contributed by atoms with Crippen LogP contribution in [-0.2, 0) is 13.5 Å². The SMILES string of the molecule is CCCNC(CCc1cccnc1)c1cnnn1C. The Labute approximate surface area is 114 Å². The van der Waals surface area contributed by atoms with E-state index in [2.05, 4.69) is 33.6 Å². The normalized spacial score (nSPS) is 12.5. The summed E-state index contributed by atoms with van der Waals surface area (Å²) in [7, 11) is 1.94. The fourth-order valence-electron chi connectivity index (χ4n) is 2.14. The average Bonchev–Trinajstić information content (AvgIpc) is 2.86. The Morgan fingerprint density at radius 1 is 1.37 bits per heavy atom. The maximum absolute atomic E-state index is 4.15. The molecule has 1 unspecified atom stereocenters. The molecular formula is C14H21N5. The molecule has 5 heteroatoms. The molecule has 0 aliphatic rings. The van der Waals surface area contributed by atoms with Gasteiger partial charge in [0.05, 0.1) is 17.9 Å². The Kier molecular flexibility index (Phi) is 5.03. The molecule has 0 radical (unpaired) electrons. The van der Waals surface area contributed by atoms with Crippen molar-refractivity contribution in [3.63, 3.8) is 0 Å². The summed E-state index contributed by atoms with van der Waals surface area (Å²) < 4.78 is 1.84. The Morgan fingerprint density at radius 3 is 2.89 bits per heavy atom. The molecule has 2 rings (SSSR count). The lowest BCUT2D eigenvalue weighted by Crippen LogP contribution is -2.24. The van der Waals surface area contributed by atoms with Crippen molar-refractivity contribution in [2.45, 2.75) is 32.2 Å². The highest BCUT2D eigenvalue weighted by Gasteiger charge is 2.14. The van der Waals surface area contributed by atoms with Crippen molar-refractivity contribution < 1.29 is 0 Å². The largest absolute Gasteiger partial charge is 0.309 e. The minimum absolute atomic E-state index is 0.292. The molecule has 19 heavy (non-hydrogen) atoms. The molecule has 0 aromatic carbocycles. The van der Waals surface area contributed by atoms with E-state index in [1.807, 2.05) is 30.2 Å². The van der Waals surface area contributed by atoms with Gasteiger partial charge in [0.25, 0.3) is 0 Å². The number of aryl methyl sites for hydroxylation is 2. The van der Waals surface area contributed by atoms with Gasteiger partial charge in [-0.3, -0.25) is 9.67 Å². The van der Waals surface area contributed by atoms with Gasteiger partial charge in [0.1, 0.15) is 0 Å². The van der Waals surface area contributed by atoms with Crippen LogP contribution in [0.25, 0.3) is 0 Å². The number of hydrogen-bond acceptors (Lipinski definition) is 4. The summed E-state index contributed by atoms with van der Waals surface area (Å²) in [6.45, 7) is 3.18. The third kappa shape index (κ3) is 3.86. The zero-order valence-corrected chi connectivity index (χ0v) is 11.6. The Bertz CT molecular complexity index is 480. The molecule has 0 spiro atoms. The quantitative estimate of drug-likeness (QED) is 0.825. The van der Waals surface area contributed by atoms with Crippen LogP contribution < -0.4 is 5.32 Å². The predicted octanol–water partition coefficient (Wildman–Crippen LogP) is 1.88. The first-order chi connectivity index (χ1) is 9.31. The number of hydrogen-bond donors (Lipinski definition) is 1. The van der Waals surface area contributed by atoms with Crippen LogP contribution in [0.5, 0.6) is 0 Å². The Balaban J connectivity index is 2.00. The summed E-state index contributed by atoms with van der Waals surface area (Å²) in [5, 5.41) is 11.5. The van der Waals surface area contributed by atoms with Crippen molar-refractivity contribution >= 4 is 0 Å². The standard InChI is InChI=1S/C14H21N5/c1-3-8-16-13(14-11-17-18-19(14)2)7-6-12-5-4-9-15-10-12/h4-5,9-11,13,16H,3,6-8H2,1-2H3. The molecule has 5 nitrogen and oxygen atoms in total. The Hall–Kier alpha value is -1.75. The number of nitrogens with zero attached hydrogens (tertiary/aromatic N) is 4. The van der Waals surface area contributed by atoms with E-state index in [0.29, 0.717) is 6.04 Å². The first-order valence-corrected chi connectivity index (χ1v) is 6.78. The highest BCUT2D eigenvalue weighted by Crippen LogP contribution is 2.17. The number of aromatic nitrogens is 4. The van der Waals surface area contributed by atoms with Gasteiger partial charge < -0.3 is 5.32 Å². The van der Waals surface area contributed by atoms with Crippen LogP contribution in [0.4, 0.5) is 0 Å². The molecule has 0 aliphatic carbocycles. The zero-order valence-electron chi connectivity index (χ0n) is 11.6. The van der Waals surface area contributed by atoms with Gasteiger partial charge in [-0.1, -0.05) is 18.2 Å². The van der Waals surface area contributed by atoms with Gasteiger partial charge >= 0.3 is 0 Å². The minimum Gasteiger partial charge on any atom is -0.309 e. The lowest BCUT2D eigenvalue weighted by atomic mass is 10.0. The number of nitrogens with one attached hydrogen (secondary N) is 1. The average molecular weight is 259 g/mol. The summed E-state index contributed by atoms with van der Waals surface area (Å²) >= 11 is 0. The lowest BCUT2D eigenvalue weighted by molar-refractivity contribution is 0.467. The third-order valence-corrected chi connectivity index (χ3v) is 3.19. The second-order valence-electron chi connectivity index (χ2n) is 4.69. The van der Waals surface area contributed by atoms with Gasteiger partial charge in [0.15, 0.2) is 0 Å². The molecule has 0 amide bonds. The third-order valence-electron chi connectivity index (χ3n) is 3.19. The predicted molar refractivity (Wildman–Crippen MR) is 74.6 cm³/mol. The van der Waals surface area contributed by atoms with Crippen molar-refractivity contribution in [1.82, 2.24) is 25.3 Å². The van der Waals surface area contributed by atoms with E-state index in [-0.39, 0.29) is 0 Å². The van der Waals surface area contributed by atoms with E-state index in [9.17, 15) is 0 Å². The molecule has 2 heterocycles. The van der Waals surface area contributed by atoms with E-state index in [1.165, 1.54) is 5.56 Å². The summed E-state index contributed by atoms with van der Waals surface area (Å²) in [5.74, 6) is 0. The Morgan fingerprint density at radius 2 is 2.26 bits per heavy atom. The van der Waals surface area contributed by atoms with Gasteiger partial charge in [-0.2, -0.15) is 0 Å². The van der Waals surface area contributed by atoms with E-state index >= 15 is 0 Å². The van der Waals surface area contributed by atoms with Crippen LogP contribution >= 0.6 is 0 Å². The fraction of sp³-hybridized carbons (Fsp3) is 0.500. The van der Waals surface area contributed by atoms with Crippen LogP contribution in [0.2, 0.25) is 0 Å². The zero-order chi connectivity index (χ0) is 13.5. The topological polar surface area (TPSA) is 55.6 Å². The van der Waals surface area contributed by atoms with Gasteiger partial charge in [0.2, 0.25) is 0 Å². The summed E-state index contributed by atoms with van der Waals surface area (Å²) in [6, 6.07) is 4.39. The van der Waals surface area contributed by atoms with Crippen LogP contribution in [0.3, 0.4) is 0 Å². The second-order valence-corrected chi connectivity index (χ2v) is 4.69. The summed E-state index contributed by atoms with van der Waals surface area (Å²) in [4.78, 5) is 4.15. The van der Waals surface area contributed by atoms with Gasteiger partial charge in [-0.25, -0.2) is 0 Å². The van der Waals surface area contributed by atoms with E-state index < -0.39 is 0 Å². The van der Waals surface area contributed by atoms with Gasteiger partial charge in [-0.05, 0) is 37.4 Å². The maximum Gasteiger partial charge on any atom is 0.0753 e. The molecule has 102 valence electrons. The first-order valence-electron chi connectivity index (χ1n) is 6.78. The van der Waals surface area contributed by atoms with Gasteiger partial charge in [-0.15, -0.1) is 5.10 Å². The molecule has 0 bridgehead atoms. The monoisotopic (exact) mass is 259 g/mol. The molecule has 2 aromatic rings. The van der Waals surface area contributed by atoms with Crippen LogP contribution in [0, 0.1) is 0 Å². The van der Waals surface area contributed by atoms with E-state index in [1.54, 1.807) is 6.20 Å². The van der Waals surface area contributed by atoms with Crippen LogP contribution in [0.1, 0.15) is 37.1 Å². The molecule has 0 fully saturated rings. The second kappa shape index (κ2) is 6.99. The van der Waals surface area contributed by atoms with Gasteiger partial charge in [0, 0.05) is 19.4 Å². The van der Waals surface area contributed by atoms with Crippen LogP contribution in [-0.4, -0.2) is 26.5 Å². The van der Waals surface area contributed by atoms with E-state index in [4.69, 9.17) is 0 Å². The lowest BCUT2D eigenvalue weighted by Gasteiger charge is -2.18. The first kappa shape index (κ1) is 13.7. The molecule has 0 saturated heterocycles. The highest BCUT2D eigenvalue weighted by molar-refractivity contribution is 5.10. The smallest absolute Gasteiger partial charge is 0.0753 e. The molecule has 1 N–H and O–H groups in total. The molecule has 1 atom stereocenters. The maximum atomic E-state index is 4.15. The summed E-state index contributed by atoms with van der Waals surface area (Å²) in [5.41, 5.74) is 2.40. The number of pyridine rings is 1. The number of rotatable bonds is 7. The molecule has 0 aliphatic heterocycles. The molecule has 2 aromatic heterocycles. The van der Waals surface area contributed by atoms with Crippen molar-refractivity contribution in [1.29, 1.82) is 0 Å². The van der Waals surface area contributed by atoms with Crippen molar-refractivity contribution in [3.8, 4) is 0 Å². The van der Waals surface area contributed by atoms with Crippen molar-refractivity contribution in [2.75, 3.05) is 6.54 Å². The fourth-order valence-corrected chi connectivity index (χ4v) is 2.14. The van der Waals surface area contributed by atoms with Crippen molar-refractivity contribution in [3.05, 3.63) is 42.0 Å². The minimum atomic E-state index is 0.292. The summed E-state index contributed by atoms with van der Waals surface area (Å²) in [6.07, 6.45) is 8.72. The highest BCUT2D eigenvalue weighted by atomic mass is 15.4. The van der Waals surface area contributed by atoms with Crippen molar-refractivity contribution in [2.24, 2.45) is 7.05 Å². The molecule has 0 saturated carbocycles. The van der Waals surface area contributed by atoms with Crippen LogP contribution in [0.15, 0.2) is 30.7 Å². The van der Waals surface area contributed by atoms with E-state index in [0.717, 1.165) is 31.5 Å². The molecular weight excluding hydrogens is 238 g/mol.